The van der Waals surface area contributed by atoms with Crippen molar-refractivity contribution in [2.75, 3.05) is 13.2 Å². The van der Waals surface area contributed by atoms with Gasteiger partial charge in [-0.25, -0.2) is 0 Å². The van der Waals surface area contributed by atoms with E-state index in [0.29, 0.717) is 16.1 Å². The number of halogens is 2. The summed E-state index contributed by atoms with van der Waals surface area (Å²) >= 11 is 12.2. The molecule has 2 atom stereocenters. The van der Waals surface area contributed by atoms with E-state index in [9.17, 15) is 0 Å². The van der Waals surface area contributed by atoms with Gasteiger partial charge in [0.1, 0.15) is 0 Å². The summed E-state index contributed by atoms with van der Waals surface area (Å²) in [6, 6.07) is 6.05. The molecule has 1 fully saturated rings. The van der Waals surface area contributed by atoms with Gasteiger partial charge in [0.25, 0.3) is 0 Å². The summed E-state index contributed by atoms with van der Waals surface area (Å²) in [5.41, 5.74) is 1.25. The van der Waals surface area contributed by atoms with Gasteiger partial charge in [-0.2, -0.15) is 0 Å². The fourth-order valence-corrected chi connectivity index (χ4v) is 2.97. The molecule has 0 saturated carbocycles. The third-order valence-electron chi connectivity index (χ3n) is 3.63. The number of benzene rings is 1. The Morgan fingerprint density at radius 1 is 1.26 bits per heavy atom. The van der Waals surface area contributed by atoms with Crippen molar-refractivity contribution in [3.63, 3.8) is 0 Å². The molecule has 1 aromatic rings. The summed E-state index contributed by atoms with van der Waals surface area (Å²) in [6.07, 6.45) is 1.02. The van der Waals surface area contributed by atoms with Gasteiger partial charge in [-0.1, -0.05) is 50.0 Å². The number of nitrogens with one attached hydrogen (secondary N) is 1. The maximum atomic E-state index is 6.25. The highest BCUT2D eigenvalue weighted by Crippen LogP contribution is 2.31. The van der Waals surface area contributed by atoms with Crippen LogP contribution < -0.4 is 5.32 Å². The zero-order valence-electron chi connectivity index (χ0n) is 11.7. The van der Waals surface area contributed by atoms with E-state index in [1.54, 1.807) is 6.07 Å². The first-order chi connectivity index (χ1) is 8.88. The average molecular weight is 302 g/mol. The molecule has 1 aromatic carbocycles. The summed E-state index contributed by atoms with van der Waals surface area (Å²) < 4.78 is 5.95. The lowest BCUT2D eigenvalue weighted by Gasteiger charge is -2.30. The van der Waals surface area contributed by atoms with E-state index in [1.807, 2.05) is 12.1 Å². The predicted octanol–water partition coefficient (Wildman–Crippen LogP) is 4.46. The van der Waals surface area contributed by atoms with Crippen molar-refractivity contribution in [3.8, 4) is 0 Å². The smallest absolute Gasteiger partial charge is 0.0963 e. The Kier molecular flexibility index (Phi) is 4.78. The minimum atomic E-state index is -0.00267. The van der Waals surface area contributed by atoms with E-state index in [-0.39, 0.29) is 11.5 Å². The predicted molar refractivity (Wildman–Crippen MR) is 81.0 cm³/mol. The van der Waals surface area contributed by atoms with Crippen LogP contribution in [0.25, 0.3) is 0 Å². The summed E-state index contributed by atoms with van der Waals surface area (Å²) in [6.45, 7) is 8.28. The third kappa shape index (κ3) is 3.85. The second-order valence-electron chi connectivity index (χ2n) is 6.14. The highest BCUT2D eigenvalue weighted by Gasteiger charge is 2.28. The third-order valence-corrected chi connectivity index (χ3v) is 4.19. The summed E-state index contributed by atoms with van der Waals surface area (Å²) in [5.74, 6) is 0. The Bertz CT molecular complexity index is 442. The van der Waals surface area contributed by atoms with Crippen LogP contribution in [0.15, 0.2) is 18.2 Å². The van der Waals surface area contributed by atoms with Gasteiger partial charge in [-0.15, -0.1) is 0 Å². The highest BCUT2D eigenvalue weighted by molar-refractivity contribution is 6.35. The van der Waals surface area contributed by atoms with Gasteiger partial charge in [-0.05, 0) is 24.0 Å². The number of hydrogen-bond acceptors (Lipinski definition) is 2. The molecule has 1 N–H and O–H groups in total. The van der Waals surface area contributed by atoms with Gasteiger partial charge in [0.05, 0.1) is 6.10 Å². The minimum Gasteiger partial charge on any atom is -0.372 e. The molecule has 0 bridgehead atoms. The van der Waals surface area contributed by atoms with Gasteiger partial charge in [0.2, 0.25) is 0 Å². The van der Waals surface area contributed by atoms with Crippen LogP contribution in [-0.2, 0) is 4.74 Å². The summed E-state index contributed by atoms with van der Waals surface area (Å²) in [4.78, 5) is 0. The van der Waals surface area contributed by atoms with Gasteiger partial charge in [-0.3, -0.25) is 0 Å². The number of rotatable bonds is 1. The molecule has 1 heterocycles. The zero-order chi connectivity index (χ0) is 14.0. The molecule has 2 unspecified atom stereocenters. The second-order valence-corrected chi connectivity index (χ2v) is 6.98. The van der Waals surface area contributed by atoms with Crippen LogP contribution >= 0.6 is 23.2 Å². The van der Waals surface area contributed by atoms with Crippen molar-refractivity contribution in [2.45, 2.75) is 39.3 Å². The van der Waals surface area contributed by atoms with Crippen LogP contribution in [0.2, 0.25) is 10.0 Å². The Labute approximate surface area is 125 Å². The van der Waals surface area contributed by atoms with E-state index in [0.717, 1.165) is 25.1 Å². The molecule has 1 aliphatic rings. The minimum absolute atomic E-state index is 0.00267. The van der Waals surface area contributed by atoms with E-state index >= 15 is 0 Å². The van der Waals surface area contributed by atoms with Crippen molar-refractivity contribution in [2.24, 2.45) is 5.41 Å². The second kappa shape index (κ2) is 6.01. The SMILES string of the molecule is CC(C)(C)C1CCOC(c2ccc(Cl)cc2Cl)CN1. The lowest BCUT2D eigenvalue weighted by molar-refractivity contribution is 0.0654. The van der Waals surface area contributed by atoms with E-state index in [4.69, 9.17) is 27.9 Å². The molecule has 4 heteroatoms. The lowest BCUT2D eigenvalue weighted by atomic mass is 9.85. The molecule has 0 aromatic heterocycles. The molecule has 0 amide bonds. The molecule has 0 aliphatic carbocycles. The van der Waals surface area contributed by atoms with Crippen molar-refractivity contribution >= 4 is 23.2 Å². The number of ether oxygens (including phenoxy) is 1. The first-order valence-electron chi connectivity index (χ1n) is 6.68. The molecule has 0 radical (unpaired) electrons. The highest BCUT2D eigenvalue weighted by atomic mass is 35.5. The molecular formula is C15H21Cl2NO. The fraction of sp³-hybridized carbons (Fsp3) is 0.600. The zero-order valence-corrected chi connectivity index (χ0v) is 13.2. The van der Waals surface area contributed by atoms with Crippen LogP contribution in [0.1, 0.15) is 38.9 Å². The molecule has 2 rings (SSSR count). The maximum Gasteiger partial charge on any atom is 0.0963 e. The molecule has 106 valence electrons. The lowest BCUT2D eigenvalue weighted by Crippen LogP contribution is -2.40. The van der Waals surface area contributed by atoms with Crippen LogP contribution in [0, 0.1) is 5.41 Å². The number of hydrogen-bond donors (Lipinski definition) is 1. The quantitative estimate of drug-likeness (QED) is 0.827. The molecule has 19 heavy (non-hydrogen) atoms. The van der Waals surface area contributed by atoms with Crippen molar-refractivity contribution < 1.29 is 4.74 Å². The molecular weight excluding hydrogens is 281 g/mol. The van der Waals surface area contributed by atoms with E-state index < -0.39 is 0 Å². The first-order valence-corrected chi connectivity index (χ1v) is 7.43. The van der Waals surface area contributed by atoms with Gasteiger partial charge < -0.3 is 10.1 Å². The van der Waals surface area contributed by atoms with Crippen LogP contribution in [0.3, 0.4) is 0 Å². The Hall–Kier alpha value is -0.280. The van der Waals surface area contributed by atoms with E-state index in [1.165, 1.54) is 0 Å². The monoisotopic (exact) mass is 301 g/mol. The van der Waals surface area contributed by atoms with Crippen molar-refractivity contribution in [3.05, 3.63) is 33.8 Å². The first kappa shape index (κ1) is 15.1. The fourth-order valence-electron chi connectivity index (χ4n) is 2.44. The molecule has 0 spiro atoms. The molecule has 1 saturated heterocycles. The van der Waals surface area contributed by atoms with Gasteiger partial charge in [0.15, 0.2) is 0 Å². The van der Waals surface area contributed by atoms with E-state index in [2.05, 4.69) is 26.1 Å². The van der Waals surface area contributed by atoms with Gasteiger partial charge in [0, 0.05) is 34.8 Å². The van der Waals surface area contributed by atoms with Crippen molar-refractivity contribution in [1.82, 2.24) is 5.32 Å². The Morgan fingerprint density at radius 3 is 2.63 bits per heavy atom. The van der Waals surface area contributed by atoms with Crippen LogP contribution in [0.4, 0.5) is 0 Å². The normalized spacial score (nSPS) is 25.1. The molecule has 1 aliphatic heterocycles. The largest absolute Gasteiger partial charge is 0.372 e. The standard InChI is InChI=1S/C15H21Cl2NO/c1-15(2,3)14-6-7-19-13(9-18-14)11-5-4-10(16)8-12(11)17/h4-5,8,13-14,18H,6-7,9H2,1-3H3. The summed E-state index contributed by atoms with van der Waals surface area (Å²) in [5, 5.41) is 4.93. The molecule has 2 nitrogen and oxygen atoms in total. The average Bonchev–Trinajstić information content (AvgIpc) is 2.54. The topological polar surface area (TPSA) is 21.3 Å². The maximum absolute atomic E-state index is 6.25. The van der Waals surface area contributed by atoms with Crippen molar-refractivity contribution in [1.29, 1.82) is 0 Å². The van der Waals surface area contributed by atoms with Crippen LogP contribution in [-0.4, -0.2) is 19.2 Å². The van der Waals surface area contributed by atoms with Gasteiger partial charge >= 0.3 is 0 Å². The summed E-state index contributed by atoms with van der Waals surface area (Å²) in [7, 11) is 0. The Morgan fingerprint density at radius 2 is 2.00 bits per heavy atom. The van der Waals surface area contributed by atoms with Crippen LogP contribution in [0.5, 0.6) is 0 Å². The Balaban J connectivity index is 2.11.